The van der Waals surface area contributed by atoms with Crippen LogP contribution in [0, 0.1) is 11.6 Å². The van der Waals surface area contributed by atoms with Crippen molar-refractivity contribution in [3.8, 4) is 0 Å². The summed E-state index contributed by atoms with van der Waals surface area (Å²) in [5.41, 5.74) is 7.03. The number of nitrogens with zero attached hydrogens (tertiary/aromatic N) is 2. The Morgan fingerprint density at radius 3 is 2.65 bits per heavy atom. The van der Waals surface area contributed by atoms with Gasteiger partial charge in [-0.05, 0) is 41.7 Å². The molecule has 0 aliphatic rings. The van der Waals surface area contributed by atoms with Gasteiger partial charge in [-0.15, -0.1) is 5.10 Å². The Kier molecular flexibility index (Phi) is 4.15. The molecule has 1 unspecified atom stereocenters. The number of benzene rings is 1. The zero-order chi connectivity index (χ0) is 14.9. The summed E-state index contributed by atoms with van der Waals surface area (Å²) in [5, 5.41) is 4.11. The third-order valence-corrected chi connectivity index (χ3v) is 3.86. The second-order valence-corrected chi connectivity index (χ2v) is 6.57. The normalized spacial score (nSPS) is 13.5. The lowest BCUT2D eigenvalue weighted by Gasteiger charge is -2.19. The van der Waals surface area contributed by atoms with Crippen LogP contribution in [0.5, 0.6) is 0 Å². The van der Waals surface area contributed by atoms with E-state index in [0.29, 0.717) is 0 Å². The zero-order valence-corrected chi connectivity index (χ0v) is 12.5. The maximum atomic E-state index is 13.7. The van der Waals surface area contributed by atoms with Gasteiger partial charge in [0.25, 0.3) is 0 Å². The van der Waals surface area contributed by atoms with Crippen molar-refractivity contribution in [3.05, 3.63) is 46.0 Å². The van der Waals surface area contributed by atoms with E-state index in [0.717, 1.165) is 22.7 Å². The first kappa shape index (κ1) is 15.0. The Balaban J connectivity index is 2.27. The first-order valence-corrected chi connectivity index (χ1v) is 7.08. The lowest BCUT2D eigenvalue weighted by Crippen LogP contribution is -2.20. The van der Waals surface area contributed by atoms with Crippen molar-refractivity contribution in [2.24, 2.45) is 5.73 Å². The van der Waals surface area contributed by atoms with Crippen molar-refractivity contribution in [1.82, 2.24) is 9.59 Å². The molecule has 0 saturated heterocycles. The van der Waals surface area contributed by atoms with Crippen LogP contribution >= 0.6 is 11.5 Å². The monoisotopic (exact) mass is 297 g/mol. The Morgan fingerprint density at radius 1 is 1.30 bits per heavy atom. The summed E-state index contributed by atoms with van der Waals surface area (Å²) >= 11 is 1.21. The highest BCUT2D eigenvalue weighted by Crippen LogP contribution is 2.31. The summed E-state index contributed by atoms with van der Waals surface area (Å²) in [6, 6.07) is 2.95. The summed E-state index contributed by atoms with van der Waals surface area (Å²) in [6.07, 6.45) is 0.219. The fourth-order valence-corrected chi connectivity index (χ4v) is 2.85. The fourth-order valence-electron chi connectivity index (χ4n) is 1.99. The molecule has 0 amide bonds. The number of nitrogens with two attached hydrogens (primary N) is 1. The Bertz CT molecular complexity index is 605. The predicted molar refractivity (Wildman–Crippen MR) is 75.6 cm³/mol. The molecule has 2 N–H and O–H groups in total. The maximum absolute atomic E-state index is 13.7. The summed E-state index contributed by atoms with van der Waals surface area (Å²) in [7, 11) is 0. The molecule has 1 aromatic carbocycles. The molecule has 0 fully saturated rings. The van der Waals surface area contributed by atoms with Crippen molar-refractivity contribution in [1.29, 1.82) is 0 Å². The van der Waals surface area contributed by atoms with Crippen LogP contribution in [-0.2, 0) is 11.8 Å². The lowest BCUT2D eigenvalue weighted by molar-refractivity contribution is 0.543. The summed E-state index contributed by atoms with van der Waals surface area (Å²) in [5.74, 6) is -0.913. The standard InChI is InChI=1S/C14H17F2N3S/c1-14(2,3)13-12(20-19-18-13)11(17)7-8-6-9(15)4-5-10(8)16/h4-6,11H,7,17H2,1-3H3. The first-order chi connectivity index (χ1) is 9.29. The van der Waals surface area contributed by atoms with E-state index in [1.165, 1.54) is 17.6 Å². The summed E-state index contributed by atoms with van der Waals surface area (Å²) in [4.78, 5) is 0.821. The average Bonchev–Trinajstić information content (AvgIpc) is 2.82. The van der Waals surface area contributed by atoms with Crippen molar-refractivity contribution >= 4 is 11.5 Å². The minimum Gasteiger partial charge on any atom is -0.323 e. The molecule has 0 aliphatic carbocycles. The maximum Gasteiger partial charge on any atom is 0.126 e. The van der Waals surface area contributed by atoms with E-state index >= 15 is 0 Å². The van der Waals surface area contributed by atoms with Crippen molar-refractivity contribution < 1.29 is 8.78 Å². The van der Waals surface area contributed by atoms with E-state index in [1.54, 1.807) is 0 Å². The predicted octanol–water partition coefficient (Wildman–Crippen LogP) is 3.36. The molecular weight excluding hydrogens is 280 g/mol. The van der Waals surface area contributed by atoms with Crippen LogP contribution in [0.4, 0.5) is 8.78 Å². The molecule has 108 valence electrons. The average molecular weight is 297 g/mol. The smallest absolute Gasteiger partial charge is 0.126 e. The van der Waals surface area contributed by atoms with Gasteiger partial charge in [0.05, 0.1) is 10.6 Å². The van der Waals surface area contributed by atoms with E-state index in [9.17, 15) is 8.78 Å². The molecule has 2 rings (SSSR count). The minimum absolute atomic E-state index is 0.180. The second kappa shape index (κ2) is 5.54. The van der Waals surface area contributed by atoms with Crippen LogP contribution in [-0.4, -0.2) is 9.59 Å². The molecule has 0 spiro atoms. The lowest BCUT2D eigenvalue weighted by atomic mass is 9.89. The second-order valence-electron chi connectivity index (χ2n) is 5.78. The number of aromatic nitrogens is 2. The van der Waals surface area contributed by atoms with Gasteiger partial charge in [-0.25, -0.2) is 8.78 Å². The summed E-state index contributed by atoms with van der Waals surface area (Å²) < 4.78 is 30.8. The number of halogens is 2. The summed E-state index contributed by atoms with van der Waals surface area (Å²) in [6.45, 7) is 6.05. The van der Waals surface area contributed by atoms with Crippen LogP contribution in [0.2, 0.25) is 0 Å². The van der Waals surface area contributed by atoms with Gasteiger partial charge in [0.2, 0.25) is 0 Å². The molecule has 20 heavy (non-hydrogen) atoms. The van der Waals surface area contributed by atoms with Gasteiger partial charge in [0.1, 0.15) is 11.6 Å². The largest absolute Gasteiger partial charge is 0.323 e. The van der Waals surface area contributed by atoms with E-state index in [-0.39, 0.29) is 17.4 Å². The van der Waals surface area contributed by atoms with E-state index in [1.807, 2.05) is 20.8 Å². The molecule has 0 aliphatic heterocycles. The Morgan fingerprint density at radius 2 is 2.00 bits per heavy atom. The molecule has 3 nitrogen and oxygen atoms in total. The molecule has 1 atom stereocenters. The Labute approximate surface area is 121 Å². The molecule has 1 heterocycles. The molecule has 2 aromatic rings. The third kappa shape index (κ3) is 3.19. The van der Waals surface area contributed by atoms with Crippen LogP contribution in [0.25, 0.3) is 0 Å². The van der Waals surface area contributed by atoms with Crippen LogP contribution in [0.15, 0.2) is 18.2 Å². The van der Waals surface area contributed by atoms with Gasteiger partial charge in [-0.1, -0.05) is 25.3 Å². The van der Waals surface area contributed by atoms with Gasteiger partial charge in [0.15, 0.2) is 0 Å². The van der Waals surface area contributed by atoms with E-state index < -0.39 is 17.7 Å². The highest BCUT2D eigenvalue weighted by atomic mass is 32.1. The van der Waals surface area contributed by atoms with Gasteiger partial charge < -0.3 is 5.73 Å². The van der Waals surface area contributed by atoms with E-state index in [4.69, 9.17) is 5.73 Å². The third-order valence-electron chi connectivity index (χ3n) is 3.01. The molecule has 0 saturated carbocycles. The number of hydrogen-bond donors (Lipinski definition) is 1. The van der Waals surface area contributed by atoms with Gasteiger partial charge in [0, 0.05) is 11.5 Å². The highest BCUT2D eigenvalue weighted by Gasteiger charge is 2.26. The van der Waals surface area contributed by atoms with E-state index in [2.05, 4.69) is 9.59 Å². The SMILES string of the molecule is CC(C)(C)c1nnsc1C(N)Cc1cc(F)ccc1F. The minimum atomic E-state index is -0.466. The molecule has 6 heteroatoms. The molecule has 0 bridgehead atoms. The van der Waals surface area contributed by atoms with Crippen molar-refractivity contribution in [3.63, 3.8) is 0 Å². The highest BCUT2D eigenvalue weighted by molar-refractivity contribution is 7.05. The zero-order valence-electron chi connectivity index (χ0n) is 11.7. The van der Waals surface area contributed by atoms with Gasteiger partial charge >= 0.3 is 0 Å². The van der Waals surface area contributed by atoms with Crippen LogP contribution in [0.1, 0.15) is 42.9 Å². The van der Waals surface area contributed by atoms with Crippen LogP contribution in [0.3, 0.4) is 0 Å². The first-order valence-electron chi connectivity index (χ1n) is 6.31. The quantitative estimate of drug-likeness (QED) is 0.945. The number of hydrogen-bond acceptors (Lipinski definition) is 4. The van der Waals surface area contributed by atoms with Crippen LogP contribution < -0.4 is 5.73 Å². The van der Waals surface area contributed by atoms with Crippen molar-refractivity contribution in [2.45, 2.75) is 38.6 Å². The molecular formula is C14H17F2N3S. The van der Waals surface area contributed by atoms with Crippen molar-refractivity contribution in [2.75, 3.05) is 0 Å². The van der Waals surface area contributed by atoms with Gasteiger partial charge in [-0.2, -0.15) is 0 Å². The number of rotatable bonds is 3. The fraction of sp³-hybridized carbons (Fsp3) is 0.429. The topological polar surface area (TPSA) is 51.8 Å². The van der Waals surface area contributed by atoms with Gasteiger partial charge in [-0.3, -0.25) is 0 Å². The Hall–Kier alpha value is -1.40. The molecule has 1 aromatic heterocycles. The molecule has 0 radical (unpaired) electrons.